The quantitative estimate of drug-likeness (QED) is 0.711. The van der Waals surface area contributed by atoms with E-state index in [2.05, 4.69) is 41.1 Å². The van der Waals surface area contributed by atoms with Crippen LogP contribution < -0.4 is 4.74 Å². The van der Waals surface area contributed by atoms with Crippen molar-refractivity contribution >= 4 is 15.9 Å². The van der Waals surface area contributed by atoms with E-state index in [0.29, 0.717) is 0 Å². The van der Waals surface area contributed by atoms with Crippen LogP contribution in [0.1, 0.15) is 31.4 Å². The predicted octanol–water partition coefficient (Wildman–Crippen LogP) is 3.98. The molecule has 0 radical (unpaired) electrons. The summed E-state index contributed by atoms with van der Waals surface area (Å²) in [5, 5.41) is 1.07. The molecule has 0 fully saturated rings. The van der Waals surface area contributed by atoms with Crippen LogP contribution in [0.2, 0.25) is 0 Å². The number of aryl methyl sites for hydroxylation is 2. The van der Waals surface area contributed by atoms with Gasteiger partial charge in [-0.2, -0.15) is 0 Å². The minimum absolute atomic E-state index is 0.740. The summed E-state index contributed by atoms with van der Waals surface area (Å²) in [5.74, 6) is 0.997. The fourth-order valence-corrected chi connectivity index (χ4v) is 1.97. The van der Waals surface area contributed by atoms with E-state index in [1.165, 1.54) is 17.5 Å². The Bertz CT molecular complexity index is 297. The Labute approximate surface area is 101 Å². The van der Waals surface area contributed by atoms with Crippen LogP contribution in [0.25, 0.3) is 0 Å². The Kier molecular flexibility index (Phi) is 5.77. The van der Waals surface area contributed by atoms with Gasteiger partial charge >= 0.3 is 0 Å². The van der Waals surface area contributed by atoms with Crippen molar-refractivity contribution in [1.82, 2.24) is 0 Å². The highest BCUT2D eigenvalue weighted by Gasteiger charge is 2.02. The van der Waals surface area contributed by atoms with Crippen LogP contribution in [0.15, 0.2) is 18.2 Å². The minimum Gasteiger partial charge on any atom is -0.494 e. The summed E-state index contributed by atoms with van der Waals surface area (Å²) in [5.41, 5.74) is 2.88. The molecule has 1 aromatic rings. The molecular weight excluding hydrogens is 252 g/mol. The molecule has 0 heterocycles. The molecule has 0 saturated carbocycles. The van der Waals surface area contributed by atoms with E-state index in [0.717, 1.165) is 30.5 Å². The van der Waals surface area contributed by atoms with E-state index in [1.54, 1.807) is 0 Å². The van der Waals surface area contributed by atoms with Crippen molar-refractivity contribution in [3.8, 4) is 5.75 Å². The van der Waals surface area contributed by atoms with E-state index >= 15 is 0 Å². The second-order valence-corrected chi connectivity index (χ2v) is 4.30. The monoisotopic (exact) mass is 270 g/mol. The highest BCUT2D eigenvalue weighted by Crippen LogP contribution is 2.20. The average Bonchev–Trinajstić information content (AvgIpc) is 2.27. The number of rotatable bonds is 6. The van der Waals surface area contributed by atoms with Crippen LogP contribution >= 0.6 is 15.9 Å². The molecule has 0 atom stereocenters. The Balaban J connectivity index is 2.78. The van der Waals surface area contributed by atoms with Crippen molar-refractivity contribution in [3.05, 3.63) is 29.3 Å². The van der Waals surface area contributed by atoms with Crippen molar-refractivity contribution in [3.63, 3.8) is 0 Å². The fourth-order valence-electron chi connectivity index (χ4n) is 1.69. The maximum atomic E-state index is 5.50. The lowest BCUT2D eigenvalue weighted by Gasteiger charge is -2.10. The average molecular weight is 271 g/mol. The lowest BCUT2D eigenvalue weighted by Crippen LogP contribution is -1.97. The molecule has 0 bridgehead atoms. The minimum atomic E-state index is 0.740. The van der Waals surface area contributed by atoms with Gasteiger partial charge in [-0.15, -0.1) is 0 Å². The topological polar surface area (TPSA) is 9.23 Å². The molecule has 0 unspecified atom stereocenters. The third-order valence-corrected chi connectivity index (χ3v) is 3.01. The zero-order chi connectivity index (χ0) is 11.1. The van der Waals surface area contributed by atoms with E-state index in [1.807, 2.05) is 6.92 Å². The Morgan fingerprint density at radius 2 is 2.00 bits per heavy atom. The van der Waals surface area contributed by atoms with Crippen LogP contribution in [-0.2, 0) is 12.8 Å². The molecule has 84 valence electrons. The van der Waals surface area contributed by atoms with Crippen molar-refractivity contribution in [2.75, 3.05) is 11.9 Å². The summed E-state index contributed by atoms with van der Waals surface area (Å²) in [6.45, 7) is 4.96. The second-order valence-electron chi connectivity index (χ2n) is 3.51. The molecule has 1 rings (SSSR count). The molecule has 1 nitrogen and oxygen atoms in total. The van der Waals surface area contributed by atoms with Gasteiger partial charge in [0.05, 0.1) is 6.61 Å². The first-order chi connectivity index (χ1) is 7.31. The van der Waals surface area contributed by atoms with E-state index in [9.17, 15) is 0 Å². The standard InChI is InChI=1S/C13H19BrO/c1-3-11-10-13(15-4-2)8-7-12(11)6-5-9-14/h7-8,10H,3-6,9H2,1-2H3. The first-order valence-electron chi connectivity index (χ1n) is 5.62. The zero-order valence-electron chi connectivity index (χ0n) is 9.55. The first kappa shape index (κ1) is 12.6. The summed E-state index contributed by atoms with van der Waals surface area (Å²) < 4.78 is 5.50. The summed E-state index contributed by atoms with van der Waals surface area (Å²) >= 11 is 3.47. The van der Waals surface area contributed by atoms with E-state index in [4.69, 9.17) is 4.74 Å². The molecule has 1 aromatic carbocycles. The largest absolute Gasteiger partial charge is 0.494 e. The normalized spacial score (nSPS) is 10.3. The second kappa shape index (κ2) is 6.89. The van der Waals surface area contributed by atoms with Gasteiger partial charge in [-0.25, -0.2) is 0 Å². The Hall–Kier alpha value is -0.500. The lowest BCUT2D eigenvalue weighted by atomic mass is 10.0. The predicted molar refractivity (Wildman–Crippen MR) is 69.1 cm³/mol. The van der Waals surface area contributed by atoms with Gasteiger partial charge in [-0.3, -0.25) is 0 Å². The van der Waals surface area contributed by atoms with Crippen LogP contribution in [0, 0.1) is 0 Å². The maximum Gasteiger partial charge on any atom is 0.119 e. The molecule has 15 heavy (non-hydrogen) atoms. The van der Waals surface area contributed by atoms with Crippen molar-refractivity contribution < 1.29 is 4.74 Å². The van der Waals surface area contributed by atoms with Gasteiger partial charge in [-0.1, -0.05) is 28.9 Å². The van der Waals surface area contributed by atoms with Gasteiger partial charge < -0.3 is 4.74 Å². The molecule has 0 aliphatic rings. The third-order valence-electron chi connectivity index (χ3n) is 2.45. The van der Waals surface area contributed by atoms with Crippen LogP contribution in [0.5, 0.6) is 5.75 Å². The van der Waals surface area contributed by atoms with Gasteiger partial charge in [0.1, 0.15) is 5.75 Å². The number of benzene rings is 1. The van der Waals surface area contributed by atoms with Gasteiger partial charge in [0.25, 0.3) is 0 Å². The summed E-state index contributed by atoms with van der Waals surface area (Å²) in [6, 6.07) is 6.45. The van der Waals surface area contributed by atoms with Crippen molar-refractivity contribution in [2.45, 2.75) is 33.1 Å². The molecule has 0 amide bonds. The highest BCUT2D eigenvalue weighted by atomic mass is 79.9. The molecule has 0 aromatic heterocycles. The van der Waals surface area contributed by atoms with E-state index in [-0.39, 0.29) is 0 Å². The SMILES string of the molecule is CCOc1ccc(CCCBr)c(CC)c1. The van der Waals surface area contributed by atoms with Crippen LogP contribution in [0.3, 0.4) is 0 Å². The number of ether oxygens (including phenoxy) is 1. The molecule has 0 saturated heterocycles. The van der Waals surface area contributed by atoms with E-state index < -0.39 is 0 Å². The van der Waals surface area contributed by atoms with Gasteiger partial charge in [-0.05, 0) is 49.4 Å². The Morgan fingerprint density at radius 1 is 1.20 bits per heavy atom. The van der Waals surface area contributed by atoms with Crippen LogP contribution in [-0.4, -0.2) is 11.9 Å². The lowest BCUT2D eigenvalue weighted by molar-refractivity contribution is 0.340. The molecule has 0 aliphatic heterocycles. The smallest absolute Gasteiger partial charge is 0.119 e. The summed E-state index contributed by atoms with van der Waals surface area (Å²) in [6.07, 6.45) is 3.43. The van der Waals surface area contributed by atoms with Crippen LogP contribution in [0.4, 0.5) is 0 Å². The van der Waals surface area contributed by atoms with Gasteiger partial charge in [0, 0.05) is 5.33 Å². The molecule has 2 heteroatoms. The maximum absolute atomic E-state index is 5.50. The molecule has 0 aliphatic carbocycles. The summed E-state index contributed by atoms with van der Waals surface area (Å²) in [7, 11) is 0. The zero-order valence-corrected chi connectivity index (χ0v) is 11.1. The van der Waals surface area contributed by atoms with Crippen molar-refractivity contribution in [1.29, 1.82) is 0 Å². The number of hydrogen-bond donors (Lipinski definition) is 0. The molecular formula is C13H19BrO. The van der Waals surface area contributed by atoms with Crippen molar-refractivity contribution in [2.24, 2.45) is 0 Å². The van der Waals surface area contributed by atoms with Gasteiger partial charge in [0.2, 0.25) is 0 Å². The number of halogens is 1. The third kappa shape index (κ3) is 3.86. The fraction of sp³-hybridized carbons (Fsp3) is 0.538. The van der Waals surface area contributed by atoms with Gasteiger partial charge in [0.15, 0.2) is 0 Å². The summed E-state index contributed by atoms with van der Waals surface area (Å²) in [4.78, 5) is 0. The number of hydrogen-bond acceptors (Lipinski definition) is 1. The highest BCUT2D eigenvalue weighted by molar-refractivity contribution is 9.09. The Morgan fingerprint density at radius 3 is 2.60 bits per heavy atom. The number of alkyl halides is 1. The molecule has 0 N–H and O–H groups in total. The first-order valence-corrected chi connectivity index (χ1v) is 6.74. The molecule has 0 spiro atoms.